The van der Waals surface area contributed by atoms with E-state index in [9.17, 15) is 4.79 Å². The number of carbonyl (C=O) groups is 1. The molecule has 2 aromatic rings. The van der Waals surface area contributed by atoms with Gasteiger partial charge >= 0.3 is 5.97 Å². The van der Waals surface area contributed by atoms with E-state index in [0.29, 0.717) is 5.82 Å². The van der Waals surface area contributed by atoms with Crippen molar-refractivity contribution in [3.63, 3.8) is 0 Å². The van der Waals surface area contributed by atoms with Crippen molar-refractivity contribution in [1.29, 1.82) is 0 Å². The van der Waals surface area contributed by atoms with Crippen LogP contribution in [0.2, 0.25) is 0 Å². The number of nitrogen functional groups attached to an aromatic ring is 1. The monoisotopic (exact) mass is 233 g/mol. The van der Waals surface area contributed by atoms with Gasteiger partial charge in [0.2, 0.25) is 0 Å². The lowest BCUT2D eigenvalue weighted by molar-refractivity contribution is 0.0594. The van der Waals surface area contributed by atoms with Crippen LogP contribution in [0, 0.1) is 6.92 Å². The van der Waals surface area contributed by atoms with E-state index in [4.69, 9.17) is 5.73 Å². The second-order valence-corrected chi connectivity index (χ2v) is 3.39. The molecule has 0 radical (unpaired) electrons. The van der Waals surface area contributed by atoms with Crippen molar-refractivity contribution in [2.75, 3.05) is 12.8 Å². The second-order valence-electron chi connectivity index (χ2n) is 3.39. The quantitative estimate of drug-likeness (QED) is 0.751. The predicted octanol–water partition coefficient (Wildman–Crippen LogP) is 0.340. The molecule has 0 fully saturated rings. The molecule has 2 heterocycles. The lowest BCUT2D eigenvalue weighted by Gasteiger charge is -1.99. The highest BCUT2D eigenvalue weighted by atomic mass is 16.5. The van der Waals surface area contributed by atoms with Gasteiger partial charge in [-0.25, -0.2) is 19.4 Å². The number of hydrogen-bond donors (Lipinski definition) is 1. The Morgan fingerprint density at radius 1 is 1.47 bits per heavy atom. The van der Waals surface area contributed by atoms with Crippen molar-refractivity contribution in [1.82, 2.24) is 19.7 Å². The minimum Gasteiger partial charge on any atom is -0.464 e. The minimum atomic E-state index is -0.577. The van der Waals surface area contributed by atoms with Gasteiger partial charge in [0.05, 0.1) is 19.0 Å². The van der Waals surface area contributed by atoms with Gasteiger partial charge in [0.1, 0.15) is 6.33 Å². The smallest absolute Gasteiger partial charge is 0.360 e. The lowest BCUT2D eigenvalue weighted by atomic mass is 10.4. The molecule has 0 bridgehead atoms. The summed E-state index contributed by atoms with van der Waals surface area (Å²) in [6.45, 7) is 1.83. The largest absolute Gasteiger partial charge is 0.464 e. The Morgan fingerprint density at radius 3 is 2.88 bits per heavy atom. The van der Waals surface area contributed by atoms with Crippen LogP contribution in [0.3, 0.4) is 0 Å². The predicted molar refractivity (Wildman–Crippen MR) is 59.6 cm³/mol. The van der Waals surface area contributed by atoms with Crippen LogP contribution >= 0.6 is 0 Å². The highest BCUT2D eigenvalue weighted by molar-refractivity contribution is 5.92. The molecular formula is C10H11N5O2. The molecule has 2 aromatic heterocycles. The number of aryl methyl sites for hydroxylation is 1. The first-order valence-corrected chi connectivity index (χ1v) is 4.84. The van der Waals surface area contributed by atoms with Gasteiger partial charge in [-0.1, -0.05) is 0 Å². The summed E-state index contributed by atoms with van der Waals surface area (Å²) in [5, 5.41) is 4.02. The van der Waals surface area contributed by atoms with E-state index in [0.717, 1.165) is 5.69 Å². The molecule has 17 heavy (non-hydrogen) atoms. The molecular weight excluding hydrogens is 222 g/mol. The lowest BCUT2D eigenvalue weighted by Crippen LogP contribution is -2.06. The van der Waals surface area contributed by atoms with E-state index < -0.39 is 5.97 Å². The SMILES string of the molecule is COC(=O)c1nn(-c2cc(C)ncn2)cc1N. The first-order valence-electron chi connectivity index (χ1n) is 4.84. The molecule has 0 amide bonds. The van der Waals surface area contributed by atoms with Gasteiger partial charge in [0.15, 0.2) is 11.5 Å². The molecule has 0 aliphatic rings. The van der Waals surface area contributed by atoms with Crippen LogP contribution in [0.25, 0.3) is 5.82 Å². The van der Waals surface area contributed by atoms with E-state index in [2.05, 4.69) is 19.8 Å². The molecule has 7 nitrogen and oxygen atoms in total. The van der Waals surface area contributed by atoms with Crippen LogP contribution in [0.4, 0.5) is 5.69 Å². The average Bonchev–Trinajstić information content (AvgIpc) is 2.70. The Labute approximate surface area is 97.2 Å². The van der Waals surface area contributed by atoms with E-state index in [1.165, 1.54) is 24.3 Å². The van der Waals surface area contributed by atoms with Crippen LogP contribution in [0.5, 0.6) is 0 Å². The Kier molecular flexibility index (Phi) is 2.73. The van der Waals surface area contributed by atoms with Crippen LogP contribution in [0.15, 0.2) is 18.6 Å². The normalized spacial score (nSPS) is 10.2. The third kappa shape index (κ3) is 2.07. The number of anilines is 1. The zero-order valence-corrected chi connectivity index (χ0v) is 9.41. The number of ether oxygens (including phenoxy) is 1. The van der Waals surface area contributed by atoms with Gasteiger partial charge in [-0.15, -0.1) is 0 Å². The highest BCUT2D eigenvalue weighted by Crippen LogP contribution is 2.13. The average molecular weight is 233 g/mol. The van der Waals surface area contributed by atoms with Crippen LogP contribution in [-0.4, -0.2) is 32.8 Å². The van der Waals surface area contributed by atoms with Gasteiger partial charge in [-0.2, -0.15) is 5.10 Å². The van der Waals surface area contributed by atoms with Crippen molar-refractivity contribution < 1.29 is 9.53 Å². The van der Waals surface area contributed by atoms with Crippen molar-refractivity contribution >= 4 is 11.7 Å². The van der Waals surface area contributed by atoms with Gasteiger partial charge in [-0.05, 0) is 6.92 Å². The first kappa shape index (κ1) is 11.1. The fourth-order valence-corrected chi connectivity index (χ4v) is 1.33. The minimum absolute atomic E-state index is 0.0729. The number of esters is 1. The molecule has 0 atom stereocenters. The van der Waals surface area contributed by atoms with Crippen molar-refractivity contribution in [3.05, 3.63) is 30.0 Å². The summed E-state index contributed by atoms with van der Waals surface area (Å²) in [5.74, 6) is -0.0358. The molecule has 0 saturated carbocycles. The maximum absolute atomic E-state index is 11.3. The van der Waals surface area contributed by atoms with E-state index >= 15 is 0 Å². The summed E-state index contributed by atoms with van der Waals surface area (Å²) < 4.78 is 5.98. The molecule has 0 aromatic carbocycles. The molecule has 0 aliphatic heterocycles. The Morgan fingerprint density at radius 2 is 2.24 bits per heavy atom. The van der Waals surface area contributed by atoms with Crippen LogP contribution in [-0.2, 0) is 4.74 Å². The third-order valence-corrected chi connectivity index (χ3v) is 2.15. The molecule has 88 valence electrons. The Hall–Kier alpha value is -2.44. The van der Waals surface area contributed by atoms with Gasteiger partial charge in [0.25, 0.3) is 0 Å². The summed E-state index contributed by atoms with van der Waals surface area (Å²) in [5.41, 5.74) is 6.78. The summed E-state index contributed by atoms with van der Waals surface area (Å²) in [6, 6.07) is 1.73. The molecule has 0 unspecified atom stereocenters. The maximum atomic E-state index is 11.3. The number of nitrogens with two attached hydrogens (primary N) is 1. The van der Waals surface area contributed by atoms with Gasteiger partial charge in [0, 0.05) is 11.8 Å². The topological polar surface area (TPSA) is 95.9 Å². The number of hydrogen-bond acceptors (Lipinski definition) is 6. The molecule has 7 heteroatoms. The molecule has 2 rings (SSSR count). The zero-order chi connectivity index (χ0) is 12.4. The van der Waals surface area contributed by atoms with Crippen molar-refractivity contribution in [2.45, 2.75) is 6.92 Å². The summed E-state index contributed by atoms with van der Waals surface area (Å²) in [6.07, 6.45) is 2.92. The standard InChI is InChI=1S/C10H11N5O2/c1-6-3-8(13-5-12-6)15-4-7(11)9(14-15)10(16)17-2/h3-5H,11H2,1-2H3. The highest BCUT2D eigenvalue weighted by Gasteiger charge is 2.16. The Balaban J connectivity index is 2.44. The van der Waals surface area contributed by atoms with Crippen LogP contribution < -0.4 is 5.73 Å². The molecule has 0 aliphatic carbocycles. The zero-order valence-electron chi connectivity index (χ0n) is 9.41. The third-order valence-electron chi connectivity index (χ3n) is 2.15. The van der Waals surface area contributed by atoms with E-state index in [1.807, 2.05) is 6.92 Å². The van der Waals surface area contributed by atoms with Crippen LogP contribution in [0.1, 0.15) is 16.2 Å². The first-order chi connectivity index (χ1) is 8.11. The molecule has 0 spiro atoms. The number of rotatable bonds is 2. The molecule has 0 saturated heterocycles. The van der Waals surface area contributed by atoms with E-state index in [-0.39, 0.29) is 11.4 Å². The summed E-state index contributed by atoms with van der Waals surface area (Å²) in [4.78, 5) is 19.3. The van der Waals surface area contributed by atoms with Gasteiger partial charge in [-0.3, -0.25) is 0 Å². The number of aromatic nitrogens is 4. The number of methoxy groups -OCH3 is 1. The number of carbonyl (C=O) groups excluding carboxylic acids is 1. The van der Waals surface area contributed by atoms with Crippen molar-refractivity contribution in [2.24, 2.45) is 0 Å². The van der Waals surface area contributed by atoms with Gasteiger partial charge < -0.3 is 10.5 Å². The summed E-state index contributed by atoms with van der Waals surface area (Å²) in [7, 11) is 1.27. The molecule has 2 N–H and O–H groups in total. The maximum Gasteiger partial charge on any atom is 0.360 e. The summed E-state index contributed by atoms with van der Waals surface area (Å²) >= 11 is 0. The fourth-order valence-electron chi connectivity index (χ4n) is 1.33. The van der Waals surface area contributed by atoms with Crippen molar-refractivity contribution in [3.8, 4) is 5.82 Å². The number of nitrogens with zero attached hydrogens (tertiary/aromatic N) is 4. The van der Waals surface area contributed by atoms with E-state index in [1.54, 1.807) is 6.07 Å². The fraction of sp³-hybridized carbons (Fsp3) is 0.200. The second kappa shape index (κ2) is 4.20. The Bertz CT molecular complexity index is 564.